The van der Waals surface area contributed by atoms with Crippen LogP contribution in [-0.2, 0) is 11.2 Å². The number of fused-ring (bicyclic) bond motifs is 1. The fourth-order valence-electron chi connectivity index (χ4n) is 4.30. The number of benzene rings is 1. The number of hydrogen-bond acceptors (Lipinski definition) is 7. The Balaban J connectivity index is 1.33. The molecule has 1 aromatic carbocycles. The number of ether oxygens (including phenoxy) is 2. The Morgan fingerprint density at radius 1 is 1.19 bits per heavy atom. The molecule has 0 radical (unpaired) electrons. The second-order valence-corrected chi connectivity index (χ2v) is 9.34. The molecule has 1 N–H and O–H groups in total. The fraction of sp³-hybridized carbons (Fsp3) is 0.458. The number of anilines is 1. The maximum absolute atomic E-state index is 12.8. The van der Waals surface area contributed by atoms with Gasteiger partial charge in [0, 0.05) is 30.4 Å². The van der Waals surface area contributed by atoms with Crippen LogP contribution >= 0.6 is 11.3 Å². The molecule has 3 heterocycles. The molecule has 4 rings (SSSR count). The van der Waals surface area contributed by atoms with Crippen LogP contribution in [0, 0.1) is 19.8 Å². The molecule has 2 aromatic heterocycles. The second-order valence-electron chi connectivity index (χ2n) is 8.14. The largest absolute Gasteiger partial charge is 0.497 e. The molecule has 8 heteroatoms. The maximum Gasteiger partial charge on any atom is 0.223 e. The van der Waals surface area contributed by atoms with E-state index in [1.54, 1.807) is 31.9 Å². The number of nitrogens with one attached hydrogen (secondary N) is 1. The lowest BCUT2D eigenvalue weighted by molar-refractivity contribution is -0.125. The first-order chi connectivity index (χ1) is 15.5. The summed E-state index contributed by atoms with van der Waals surface area (Å²) in [6.07, 6.45) is 3.99. The summed E-state index contributed by atoms with van der Waals surface area (Å²) in [7, 11) is 3.30. The van der Waals surface area contributed by atoms with E-state index in [4.69, 9.17) is 9.47 Å². The van der Waals surface area contributed by atoms with Crippen LogP contribution in [0.2, 0.25) is 0 Å². The van der Waals surface area contributed by atoms with E-state index in [1.165, 1.54) is 10.4 Å². The molecule has 7 nitrogen and oxygen atoms in total. The zero-order valence-corrected chi connectivity index (χ0v) is 19.9. The van der Waals surface area contributed by atoms with E-state index in [0.29, 0.717) is 13.0 Å². The first kappa shape index (κ1) is 22.3. The Labute approximate surface area is 192 Å². The average molecular weight is 455 g/mol. The molecule has 0 aliphatic carbocycles. The number of piperidine rings is 1. The first-order valence-electron chi connectivity index (χ1n) is 11.0. The lowest BCUT2D eigenvalue weighted by atomic mass is 9.95. The molecule has 0 bridgehead atoms. The van der Waals surface area contributed by atoms with Crippen LogP contribution in [-0.4, -0.2) is 49.7 Å². The third-order valence-electron chi connectivity index (χ3n) is 6.29. The topological polar surface area (TPSA) is 76.6 Å². The zero-order chi connectivity index (χ0) is 22.7. The van der Waals surface area contributed by atoms with Crippen molar-refractivity contribution < 1.29 is 14.3 Å². The van der Waals surface area contributed by atoms with Crippen molar-refractivity contribution in [1.82, 2.24) is 15.3 Å². The molecule has 1 aliphatic rings. The van der Waals surface area contributed by atoms with Gasteiger partial charge in [0.25, 0.3) is 0 Å². The fourth-order valence-corrected chi connectivity index (χ4v) is 5.29. The number of methoxy groups -OCH3 is 2. The summed E-state index contributed by atoms with van der Waals surface area (Å²) in [4.78, 5) is 26.4. The number of carbonyl (C=O) groups is 1. The van der Waals surface area contributed by atoms with Gasteiger partial charge in [-0.1, -0.05) is 0 Å². The van der Waals surface area contributed by atoms with Gasteiger partial charge in [-0.15, -0.1) is 11.3 Å². The number of aromatic nitrogens is 2. The van der Waals surface area contributed by atoms with Crippen molar-refractivity contribution in [1.29, 1.82) is 0 Å². The van der Waals surface area contributed by atoms with Crippen LogP contribution in [0.3, 0.4) is 0 Å². The van der Waals surface area contributed by atoms with Gasteiger partial charge in [0.15, 0.2) is 0 Å². The van der Waals surface area contributed by atoms with E-state index in [1.807, 2.05) is 18.2 Å². The monoisotopic (exact) mass is 454 g/mol. The molecule has 1 fully saturated rings. The number of aryl methyl sites for hydroxylation is 2. The van der Waals surface area contributed by atoms with Crippen LogP contribution in [0.5, 0.6) is 11.5 Å². The van der Waals surface area contributed by atoms with Gasteiger partial charge in [0.05, 0.1) is 19.6 Å². The van der Waals surface area contributed by atoms with Gasteiger partial charge in [-0.25, -0.2) is 9.97 Å². The predicted molar refractivity (Wildman–Crippen MR) is 128 cm³/mol. The van der Waals surface area contributed by atoms with E-state index < -0.39 is 0 Å². The Hall–Kier alpha value is -2.87. The maximum atomic E-state index is 12.8. The summed E-state index contributed by atoms with van der Waals surface area (Å²) < 4.78 is 10.7. The van der Waals surface area contributed by atoms with E-state index in [2.05, 4.69) is 34.0 Å². The predicted octanol–water partition coefficient (Wildman–Crippen LogP) is 3.90. The summed E-state index contributed by atoms with van der Waals surface area (Å²) in [5.41, 5.74) is 2.28. The summed E-state index contributed by atoms with van der Waals surface area (Å²) in [6.45, 7) is 6.48. The number of hydrogen-bond donors (Lipinski definition) is 1. The smallest absolute Gasteiger partial charge is 0.223 e. The van der Waals surface area contributed by atoms with E-state index >= 15 is 0 Å². The lowest BCUT2D eigenvalue weighted by Crippen LogP contribution is -2.41. The highest BCUT2D eigenvalue weighted by molar-refractivity contribution is 7.18. The number of amides is 1. The summed E-state index contributed by atoms with van der Waals surface area (Å²) in [6, 6.07) is 5.73. The Morgan fingerprint density at radius 2 is 1.97 bits per heavy atom. The van der Waals surface area contributed by atoms with Crippen LogP contribution in [0.25, 0.3) is 10.2 Å². The van der Waals surface area contributed by atoms with Gasteiger partial charge in [-0.05, 0) is 62.4 Å². The van der Waals surface area contributed by atoms with Crippen LogP contribution in [0.1, 0.15) is 28.8 Å². The minimum absolute atomic E-state index is 0.0288. The molecule has 3 aromatic rings. The highest BCUT2D eigenvalue weighted by atomic mass is 32.1. The summed E-state index contributed by atoms with van der Waals surface area (Å²) in [5, 5.41) is 4.27. The van der Waals surface area contributed by atoms with Crippen molar-refractivity contribution in [3.05, 3.63) is 40.5 Å². The molecule has 0 spiro atoms. The molecule has 32 heavy (non-hydrogen) atoms. The normalized spacial score (nSPS) is 14.6. The lowest BCUT2D eigenvalue weighted by Gasteiger charge is -2.32. The Kier molecular flexibility index (Phi) is 6.79. The minimum Gasteiger partial charge on any atom is -0.497 e. The first-order valence-corrected chi connectivity index (χ1v) is 11.8. The van der Waals surface area contributed by atoms with Crippen LogP contribution < -0.4 is 19.7 Å². The van der Waals surface area contributed by atoms with Crippen molar-refractivity contribution in [2.45, 2.75) is 33.1 Å². The molecule has 0 atom stereocenters. The van der Waals surface area contributed by atoms with Gasteiger partial charge < -0.3 is 19.7 Å². The third kappa shape index (κ3) is 4.50. The van der Waals surface area contributed by atoms with Gasteiger partial charge in [0.1, 0.15) is 28.5 Å². The van der Waals surface area contributed by atoms with Gasteiger partial charge >= 0.3 is 0 Å². The van der Waals surface area contributed by atoms with Gasteiger partial charge in [-0.2, -0.15) is 0 Å². The van der Waals surface area contributed by atoms with Gasteiger partial charge in [0.2, 0.25) is 5.91 Å². The van der Waals surface area contributed by atoms with Crippen molar-refractivity contribution >= 4 is 33.3 Å². The third-order valence-corrected chi connectivity index (χ3v) is 7.41. The van der Waals surface area contributed by atoms with Gasteiger partial charge in [-0.3, -0.25) is 4.79 Å². The van der Waals surface area contributed by atoms with E-state index in [9.17, 15) is 4.79 Å². The van der Waals surface area contributed by atoms with E-state index in [0.717, 1.165) is 59.0 Å². The SMILES string of the molecule is COc1ccc(OC)c(CCNC(=O)C2CCN(c3ncnc4sc(C)c(C)c34)CC2)c1. The molecule has 1 aliphatic heterocycles. The quantitative estimate of drug-likeness (QED) is 0.584. The molecular weight excluding hydrogens is 424 g/mol. The number of thiophene rings is 1. The van der Waals surface area contributed by atoms with Crippen molar-refractivity contribution in [3.63, 3.8) is 0 Å². The summed E-state index contributed by atoms with van der Waals surface area (Å²) >= 11 is 1.72. The molecule has 1 amide bonds. The molecule has 170 valence electrons. The van der Waals surface area contributed by atoms with Crippen molar-refractivity contribution in [2.24, 2.45) is 5.92 Å². The highest BCUT2D eigenvalue weighted by Gasteiger charge is 2.27. The number of nitrogens with zero attached hydrogens (tertiary/aromatic N) is 3. The Bertz CT molecular complexity index is 1110. The average Bonchev–Trinajstić information content (AvgIpc) is 3.12. The molecular formula is C24H30N4O3S. The number of rotatable bonds is 7. The van der Waals surface area contributed by atoms with Crippen molar-refractivity contribution in [2.75, 3.05) is 38.8 Å². The van der Waals surface area contributed by atoms with Crippen molar-refractivity contribution in [3.8, 4) is 11.5 Å². The standard InChI is InChI=1S/C24H30N4O3S/c1-15-16(2)32-24-21(15)22(26-14-27-24)28-11-8-17(9-12-28)23(29)25-10-7-18-13-19(30-3)5-6-20(18)31-4/h5-6,13-14,17H,7-12H2,1-4H3,(H,25,29). The van der Waals surface area contributed by atoms with Crippen LogP contribution in [0.4, 0.5) is 5.82 Å². The second kappa shape index (κ2) is 9.73. The number of carbonyl (C=O) groups excluding carboxylic acids is 1. The molecule has 1 saturated heterocycles. The zero-order valence-electron chi connectivity index (χ0n) is 19.1. The Morgan fingerprint density at radius 3 is 2.69 bits per heavy atom. The van der Waals surface area contributed by atoms with Crippen LogP contribution in [0.15, 0.2) is 24.5 Å². The van der Waals surface area contributed by atoms with E-state index in [-0.39, 0.29) is 11.8 Å². The minimum atomic E-state index is 0.0288. The summed E-state index contributed by atoms with van der Waals surface area (Å²) in [5.74, 6) is 2.75. The highest BCUT2D eigenvalue weighted by Crippen LogP contribution is 2.35. The molecule has 0 saturated carbocycles. The molecule has 0 unspecified atom stereocenters.